The lowest BCUT2D eigenvalue weighted by atomic mass is 10.0. The standard InChI is InChI=1S/C22H25N5O6S/c23-17-20(31)27-18(22(32)33)15(12-34-21(17)27)9-14-3-7-26(19(14)30)10-13-1-5-25(6-2-13)11-16(29)24-4-8-28/h1-2,5-6,9,17,21,28H,3-4,7-8,10-12,23H2,(H-,24,29,32,33)/p+1/t17-,21-/m1/s1. The molecule has 34 heavy (non-hydrogen) atoms. The topological polar surface area (TPSA) is 157 Å². The number of amides is 3. The highest BCUT2D eigenvalue weighted by atomic mass is 32.2. The third-order valence-corrected chi connectivity index (χ3v) is 7.22. The smallest absolute Gasteiger partial charge is 0.352 e. The van der Waals surface area contributed by atoms with E-state index in [1.165, 1.54) is 16.7 Å². The van der Waals surface area contributed by atoms with Crippen molar-refractivity contribution in [2.75, 3.05) is 25.4 Å². The van der Waals surface area contributed by atoms with Gasteiger partial charge in [0.25, 0.3) is 5.91 Å². The molecule has 1 aromatic rings. The third-order valence-electron chi connectivity index (χ3n) is 5.90. The van der Waals surface area contributed by atoms with Crippen LogP contribution >= 0.6 is 11.8 Å². The maximum absolute atomic E-state index is 13.0. The Kier molecular flexibility index (Phi) is 7.00. The quantitative estimate of drug-likeness (QED) is 0.192. The summed E-state index contributed by atoms with van der Waals surface area (Å²) < 4.78 is 1.70. The molecule has 11 nitrogen and oxygen atoms in total. The Morgan fingerprint density at radius 1 is 1.29 bits per heavy atom. The predicted molar refractivity (Wildman–Crippen MR) is 121 cm³/mol. The van der Waals surface area contributed by atoms with Crippen LogP contribution in [0, 0.1) is 0 Å². The molecule has 0 saturated carbocycles. The lowest BCUT2D eigenvalue weighted by Crippen LogP contribution is -2.68. The summed E-state index contributed by atoms with van der Waals surface area (Å²) in [6.45, 7) is 1.10. The van der Waals surface area contributed by atoms with Crippen molar-refractivity contribution in [1.82, 2.24) is 15.1 Å². The highest BCUT2D eigenvalue weighted by molar-refractivity contribution is 8.00. The number of aromatic nitrogens is 1. The average Bonchev–Trinajstić information content (AvgIpc) is 3.16. The van der Waals surface area contributed by atoms with Crippen molar-refractivity contribution in [3.8, 4) is 0 Å². The summed E-state index contributed by atoms with van der Waals surface area (Å²) in [5, 5.41) is 20.6. The molecule has 1 aromatic heterocycles. The van der Waals surface area contributed by atoms with Crippen LogP contribution < -0.4 is 15.6 Å². The van der Waals surface area contributed by atoms with Gasteiger partial charge in [-0.2, -0.15) is 4.57 Å². The molecule has 12 heteroatoms. The first-order chi connectivity index (χ1) is 16.3. The number of carbonyl (C=O) groups excluding carboxylic acids is 3. The van der Waals surface area contributed by atoms with Crippen LogP contribution in [0.3, 0.4) is 0 Å². The summed E-state index contributed by atoms with van der Waals surface area (Å²) in [5.74, 6) is -1.64. The van der Waals surface area contributed by atoms with Gasteiger partial charge in [-0.05, 0) is 23.6 Å². The first-order valence-corrected chi connectivity index (χ1v) is 11.9. The minimum atomic E-state index is -1.21. The molecule has 2 saturated heterocycles. The number of hydrogen-bond acceptors (Lipinski definition) is 7. The fraction of sp³-hybridized carbons (Fsp3) is 0.409. The van der Waals surface area contributed by atoms with Gasteiger partial charge in [0.1, 0.15) is 17.1 Å². The van der Waals surface area contributed by atoms with E-state index in [2.05, 4.69) is 5.32 Å². The van der Waals surface area contributed by atoms with Gasteiger partial charge in [0.05, 0.1) is 6.61 Å². The number of rotatable bonds is 8. The van der Waals surface area contributed by atoms with E-state index in [1.807, 2.05) is 12.1 Å². The van der Waals surface area contributed by atoms with Crippen molar-refractivity contribution in [2.24, 2.45) is 5.73 Å². The third kappa shape index (κ3) is 4.69. The summed E-state index contributed by atoms with van der Waals surface area (Å²) >= 11 is 1.40. The molecule has 0 radical (unpaired) electrons. The Labute approximate surface area is 199 Å². The maximum Gasteiger partial charge on any atom is 0.352 e. The van der Waals surface area contributed by atoms with Gasteiger partial charge in [-0.15, -0.1) is 11.8 Å². The van der Waals surface area contributed by atoms with Crippen molar-refractivity contribution >= 4 is 35.5 Å². The van der Waals surface area contributed by atoms with Gasteiger partial charge in [-0.25, -0.2) is 4.79 Å². The van der Waals surface area contributed by atoms with Gasteiger partial charge in [0.2, 0.25) is 18.4 Å². The highest BCUT2D eigenvalue weighted by Crippen LogP contribution is 2.40. The van der Waals surface area contributed by atoms with E-state index in [4.69, 9.17) is 10.8 Å². The second-order valence-corrected chi connectivity index (χ2v) is 9.32. The Balaban J connectivity index is 1.42. The Bertz CT molecular complexity index is 1090. The highest BCUT2D eigenvalue weighted by Gasteiger charge is 2.51. The molecule has 4 rings (SSSR count). The first-order valence-electron chi connectivity index (χ1n) is 10.8. The maximum atomic E-state index is 13.0. The summed E-state index contributed by atoms with van der Waals surface area (Å²) in [4.78, 5) is 51.6. The van der Waals surface area contributed by atoms with Gasteiger partial charge in [0, 0.05) is 43.1 Å². The van der Waals surface area contributed by atoms with Crippen molar-refractivity contribution in [1.29, 1.82) is 0 Å². The van der Waals surface area contributed by atoms with Crippen molar-refractivity contribution in [3.05, 3.63) is 53.0 Å². The van der Waals surface area contributed by atoms with E-state index < -0.39 is 17.9 Å². The number of thioether (sulfide) groups is 1. The monoisotopic (exact) mass is 488 g/mol. The second-order valence-electron chi connectivity index (χ2n) is 8.21. The number of aliphatic hydroxyl groups excluding tert-OH is 1. The zero-order chi connectivity index (χ0) is 24.4. The summed E-state index contributed by atoms with van der Waals surface area (Å²) in [5.41, 5.74) is 7.53. The molecule has 2 fully saturated rings. The number of aliphatic carboxylic acids is 1. The number of allylic oxidation sites excluding steroid dienone is 1. The predicted octanol–water partition coefficient (Wildman–Crippen LogP) is -1.68. The molecule has 0 aliphatic carbocycles. The van der Waals surface area contributed by atoms with E-state index in [9.17, 15) is 24.3 Å². The molecule has 5 N–H and O–H groups in total. The molecule has 3 amide bonds. The van der Waals surface area contributed by atoms with Crippen LogP contribution in [0.15, 0.2) is 47.4 Å². The Morgan fingerprint density at radius 2 is 2.03 bits per heavy atom. The number of carbonyl (C=O) groups is 4. The van der Waals surface area contributed by atoms with Crippen molar-refractivity contribution < 1.29 is 34.0 Å². The molecular formula is C22H26N5O6S+. The van der Waals surface area contributed by atoms with Crippen LogP contribution in [0.4, 0.5) is 0 Å². The summed E-state index contributed by atoms with van der Waals surface area (Å²) in [6, 6.07) is 2.96. The summed E-state index contributed by atoms with van der Waals surface area (Å²) in [7, 11) is 0. The van der Waals surface area contributed by atoms with Crippen LogP contribution in [-0.2, 0) is 32.3 Å². The SMILES string of the molecule is N[C@@H]1C(=O)N2C(C(=O)O)=C(C=C3CCN(Cc4cc[n+](CC(=O)NCCO)cc4)C3=O)CS[C@H]12. The fourth-order valence-corrected chi connectivity index (χ4v) is 5.40. The number of pyridine rings is 1. The zero-order valence-electron chi connectivity index (χ0n) is 18.3. The minimum Gasteiger partial charge on any atom is -0.477 e. The van der Waals surface area contributed by atoms with Gasteiger partial charge in [-0.1, -0.05) is 0 Å². The number of likely N-dealkylation sites (tertiary alicyclic amines) is 1. The molecule has 2 atom stereocenters. The number of hydrogen-bond donors (Lipinski definition) is 4. The van der Waals surface area contributed by atoms with Crippen LogP contribution in [0.1, 0.15) is 12.0 Å². The fourth-order valence-electron chi connectivity index (χ4n) is 4.15. The van der Waals surface area contributed by atoms with Crippen molar-refractivity contribution in [3.63, 3.8) is 0 Å². The van der Waals surface area contributed by atoms with E-state index in [1.54, 1.807) is 27.9 Å². The first kappa shape index (κ1) is 23.9. The van der Waals surface area contributed by atoms with Gasteiger partial charge < -0.3 is 26.2 Å². The number of carboxylic acids is 1. The number of nitrogens with two attached hydrogens (primary N) is 1. The van der Waals surface area contributed by atoms with E-state index >= 15 is 0 Å². The normalized spacial score (nSPS) is 23.3. The molecule has 4 heterocycles. The van der Waals surface area contributed by atoms with E-state index in [-0.39, 0.29) is 42.6 Å². The Hall–Kier alpha value is -3.22. The van der Waals surface area contributed by atoms with Crippen LogP contribution in [0.25, 0.3) is 0 Å². The number of nitrogens with one attached hydrogen (secondary N) is 1. The minimum absolute atomic E-state index is 0.0927. The molecule has 0 spiro atoms. The van der Waals surface area contributed by atoms with Gasteiger partial charge in [-0.3, -0.25) is 19.3 Å². The lowest BCUT2D eigenvalue weighted by Gasteiger charge is -2.47. The van der Waals surface area contributed by atoms with Crippen LogP contribution in [0.5, 0.6) is 0 Å². The summed E-state index contributed by atoms with van der Waals surface area (Å²) in [6.07, 6.45) is 5.59. The van der Waals surface area contributed by atoms with Gasteiger partial charge >= 0.3 is 5.97 Å². The molecular weight excluding hydrogens is 462 g/mol. The van der Waals surface area contributed by atoms with Crippen molar-refractivity contribution in [2.45, 2.75) is 30.9 Å². The zero-order valence-corrected chi connectivity index (χ0v) is 19.2. The number of β-lactam (4-membered cyclic amide) rings is 1. The van der Waals surface area contributed by atoms with Gasteiger partial charge in [0.15, 0.2) is 12.4 Å². The number of carboxylic acid groups (broad SMARTS) is 1. The molecule has 0 bridgehead atoms. The lowest BCUT2D eigenvalue weighted by molar-refractivity contribution is -0.684. The average molecular weight is 489 g/mol. The van der Waals surface area contributed by atoms with Crippen LogP contribution in [-0.4, -0.2) is 80.6 Å². The molecule has 0 aromatic carbocycles. The molecule has 3 aliphatic rings. The second kappa shape index (κ2) is 9.95. The molecule has 0 unspecified atom stereocenters. The Morgan fingerprint density at radius 3 is 2.71 bits per heavy atom. The number of fused-ring (bicyclic) bond motifs is 1. The van der Waals surface area contributed by atoms with E-state index in [0.717, 1.165) is 5.56 Å². The number of nitrogens with zero attached hydrogens (tertiary/aromatic N) is 3. The molecule has 180 valence electrons. The van der Waals surface area contributed by atoms with Crippen LogP contribution in [0.2, 0.25) is 0 Å². The number of aliphatic hydroxyl groups is 1. The van der Waals surface area contributed by atoms with E-state index in [0.29, 0.717) is 36.4 Å². The largest absolute Gasteiger partial charge is 0.477 e. The molecule has 3 aliphatic heterocycles.